The van der Waals surface area contributed by atoms with E-state index in [-0.39, 0.29) is 0 Å². The molecular weight excluding hydrogens is 304 g/mol. The van der Waals surface area contributed by atoms with E-state index in [0.29, 0.717) is 0 Å². The molecule has 1 heterocycles. The summed E-state index contributed by atoms with van der Waals surface area (Å²) in [7, 11) is 0. The van der Waals surface area contributed by atoms with Gasteiger partial charge in [0.2, 0.25) is 0 Å². The van der Waals surface area contributed by atoms with Gasteiger partial charge in [0.25, 0.3) is 0 Å². The predicted octanol–water partition coefficient (Wildman–Crippen LogP) is 3.30. The summed E-state index contributed by atoms with van der Waals surface area (Å²) >= 11 is 5.60. The van der Waals surface area contributed by atoms with Gasteiger partial charge in [-0.25, -0.2) is 0 Å². The largest absolute Gasteiger partial charge is 0.314 e. The fourth-order valence-corrected chi connectivity index (χ4v) is 5.22. The monoisotopic (exact) mass is 328 g/mol. The lowest BCUT2D eigenvalue weighted by molar-refractivity contribution is 0.244. The fourth-order valence-electron chi connectivity index (χ4n) is 2.50. The van der Waals surface area contributed by atoms with E-state index in [1.165, 1.54) is 39.9 Å². The van der Waals surface area contributed by atoms with Gasteiger partial charge in [0.15, 0.2) is 0 Å². The van der Waals surface area contributed by atoms with E-state index < -0.39 is 0 Å². The van der Waals surface area contributed by atoms with E-state index in [9.17, 15) is 0 Å². The molecule has 1 fully saturated rings. The van der Waals surface area contributed by atoms with Gasteiger partial charge in [-0.2, -0.15) is 0 Å². The van der Waals surface area contributed by atoms with Crippen molar-refractivity contribution in [3.8, 4) is 0 Å². The van der Waals surface area contributed by atoms with Gasteiger partial charge in [0.1, 0.15) is 0 Å². The molecule has 2 nitrogen and oxygen atoms in total. The molecule has 0 radical (unpaired) electrons. The van der Waals surface area contributed by atoms with E-state index in [1.54, 1.807) is 0 Å². The number of piperazine rings is 1. The van der Waals surface area contributed by atoms with Crippen molar-refractivity contribution in [1.29, 1.82) is 0 Å². The van der Waals surface area contributed by atoms with Crippen molar-refractivity contribution in [3.05, 3.63) is 17.7 Å². The molecule has 1 aliphatic heterocycles. The second-order valence-electron chi connectivity index (χ2n) is 4.88. The maximum Gasteiger partial charge on any atom is 0.0341 e. The van der Waals surface area contributed by atoms with Crippen molar-refractivity contribution in [1.82, 2.24) is 10.2 Å². The number of thioether (sulfide) groups is 3. The highest BCUT2D eigenvalue weighted by Gasteiger charge is 2.12. The molecule has 0 aromatic heterocycles. The highest BCUT2D eigenvalue weighted by atomic mass is 32.2. The standard InChI is InChI=1S/C15H24N2S3/c1-18-13-10-12(11-14(19-2)15(13)20-3)4-7-17-8-5-16-6-9-17/h10-11,16H,4-9H2,1-3H3. The van der Waals surface area contributed by atoms with Crippen molar-refractivity contribution in [3.63, 3.8) is 0 Å². The van der Waals surface area contributed by atoms with E-state index in [0.717, 1.165) is 19.5 Å². The quantitative estimate of drug-likeness (QED) is 0.804. The molecule has 1 aliphatic rings. The number of nitrogens with one attached hydrogen (secondary N) is 1. The summed E-state index contributed by atoms with van der Waals surface area (Å²) in [5.74, 6) is 0. The van der Waals surface area contributed by atoms with Crippen LogP contribution in [0.2, 0.25) is 0 Å². The first kappa shape index (κ1) is 16.6. The summed E-state index contributed by atoms with van der Waals surface area (Å²) in [6.45, 7) is 5.83. The first-order valence-electron chi connectivity index (χ1n) is 7.00. The maximum atomic E-state index is 3.41. The molecule has 0 amide bonds. The molecule has 1 N–H and O–H groups in total. The summed E-state index contributed by atoms with van der Waals surface area (Å²) in [6, 6.07) is 4.77. The Bertz CT molecular complexity index is 406. The molecular formula is C15H24N2S3. The lowest BCUT2D eigenvalue weighted by Crippen LogP contribution is -2.44. The van der Waals surface area contributed by atoms with E-state index in [1.807, 2.05) is 35.3 Å². The number of nitrogens with zero attached hydrogens (tertiary/aromatic N) is 1. The number of hydrogen-bond donors (Lipinski definition) is 1. The summed E-state index contributed by atoms with van der Waals surface area (Å²) in [4.78, 5) is 6.87. The SMILES string of the molecule is CSc1cc(CCN2CCNCC2)cc(SC)c1SC. The van der Waals surface area contributed by atoms with Gasteiger partial charge < -0.3 is 10.2 Å². The molecule has 0 saturated carbocycles. The van der Waals surface area contributed by atoms with Gasteiger partial charge in [-0.05, 0) is 42.9 Å². The fraction of sp³-hybridized carbons (Fsp3) is 0.600. The zero-order valence-electron chi connectivity index (χ0n) is 12.6. The van der Waals surface area contributed by atoms with Crippen molar-refractivity contribution in [2.45, 2.75) is 21.1 Å². The van der Waals surface area contributed by atoms with Crippen LogP contribution in [0.5, 0.6) is 0 Å². The lowest BCUT2D eigenvalue weighted by atomic mass is 10.1. The zero-order chi connectivity index (χ0) is 14.4. The van der Waals surface area contributed by atoms with Crippen LogP contribution in [0.4, 0.5) is 0 Å². The van der Waals surface area contributed by atoms with Crippen molar-refractivity contribution < 1.29 is 0 Å². The van der Waals surface area contributed by atoms with Gasteiger partial charge in [-0.1, -0.05) is 0 Å². The Morgan fingerprint density at radius 1 is 1.00 bits per heavy atom. The zero-order valence-corrected chi connectivity index (χ0v) is 15.0. The van der Waals surface area contributed by atoms with Gasteiger partial charge in [0.05, 0.1) is 0 Å². The molecule has 112 valence electrons. The molecule has 20 heavy (non-hydrogen) atoms. The summed E-state index contributed by atoms with van der Waals surface area (Å²) in [5.41, 5.74) is 1.48. The third kappa shape index (κ3) is 4.34. The minimum Gasteiger partial charge on any atom is -0.314 e. The van der Waals surface area contributed by atoms with Gasteiger partial charge >= 0.3 is 0 Å². The Morgan fingerprint density at radius 2 is 1.60 bits per heavy atom. The Balaban J connectivity index is 2.06. The Labute approximate surface area is 135 Å². The van der Waals surface area contributed by atoms with Crippen molar-refractivity contribution >= 4 is 35.3 Å². The second kappa shape index (κ2) is 8.59. The molecule has 2 rings (SSSR count). The van der Waals surface area contributed by atoms with Crippen molar-refractivity contribution in [2.24, 2.45) is 0 Å². The van der Waals surface area contributed by atoms with Crippen LogP contribution < -0.4 is 5.32 Å². The third-order valence-corrected chi connectivity index (χ3v) is 6.28. The highest BCUT2D eigenvalue weighted by molar-refractivity contribution is 8.03. The molecule has 0 bridgehead atoms. The Hall–Kier alpha value is 0.190. The minimum atomic E-state index is 1.14. The number of rotatable bonds is 6. The predicted molar refractivity (Wildman–Crippen MR) is 94.8 cm³/mol. The maximum absolute atomic E-state index is 3.41. The van der Waals surface area contributed by atoms with Crippen molar-refractivity contribution in [2.75, 3.05) is 51.5 Å². The average Bonchev–Trinajstić information content (AvgIpc) is 2.52. The number of hydrogen-bond acceptors (Lipinski definition) is 5. The van der Waals surface area contributed by atoms with Crippen LogP contribution in [0.25, 0.3) is 0 Å². The molecule has 0 unspecified atom stereocenters. The minimum absolute atomic E-state index is 1.14. The first-order valence-corrected chi connectivity index (χ1v) is 10.7. The smallest absolute Gasteiger partial charge is 0.0341 e. The van der Waals surface area contributed by atoms with Crippen LogP contribution in [0.3, 0.4) is 0 Å². The molecule has 0 aliphatic carbocycles. The molecule has 0 atom stereocenters. The van der Waals surface area contributed by atoms with Crippen LogP contribution in [0.15, 0.2) is 26.8 Å². The van der Waals surface area contributed by atoms with E-state index >= 15 is 0 Å². The average molecular weight is 329 g/mol. The Kier molecular flexibility index (Phi) is 7.11. The Morgan fingerprint density at radius 3 is 2.10 bits per heavy atom. The molecule has 0 spiro atoms. The topological polar surface area (TPSA) is 15.3 Å². The molecule has 5 heteroatoms. The van der Waals surface area contributed by atoms with Crippen LogP contribution in [-0.4, -0.2) is 56.4 Å². The van der Waals surface area contributed by atoms with Gasteiger partial charge in [0, 0.05) is 47.4 Å². The molecule has 1 aromatic rings. The van der Waals surface area contributed by atoms with Gasteiger partial charge in [-0.15, -0.1) is 35.3 Å². The normalized spacial score (nSPS) is 16.6. The summed E-state index contributed by atoms with van der Waals surface area (Å²) in [6.07, 6.45) is 7.70. The first-order chi connectivity index (χ1) is 9.78. The molecule has 1 aromatic carbocycles. The van der Waals surface area contributed by atoms with Gasteiger partial charge in [-0.3, -0.25) is 0 Å². The highest BCUT2D eigenvalue weighted by Crippen LogP contribution is 2.37. The number of benzene rings is 1. The lowest BCUT2D eigenvalue weighted by Gasteiger charge is -2.27. The summed E-state index contributed by atoms with van der Waals surface area (Å²) < 4.78 is 0. The van der Waals surface area contributed by atoms with Crippen LogP contribution in [0.1, 0.15) is 5.56 Å². The summed E-state index contributed by atoms with van der Waals surface area (Å²) in [5, 5.41) is 3.41. The third-order valence-electron chi connectivity index (χ3n) is 3.65. The van der Waals surface area contributed by atoms with E-state index in [4.69, 9.17) is 0 Å². The molecule has 1 saturated heterocycles. The van der Waals surface area contributed by atoms with E-state index in [2.05, 4.69) is 41.1 Å². The van der Waals surface area contributed by atoms with Crippen LogP contribution in [-0.2, 0) is 6.42 Å². The van der Waals surface area contributed by atoms with Crippen LogP contribution >= 0.6 is 35.3 Å². The second-order valence-corrected chi connectivity index (χ2v) is 7.39. The van der Waals surface area contributed by atoms with Crippen LogP contribution in [0, 0.1) is 0 Å².